The molecule has 0 fully saturated rings. The maximum atomic E-state index is 4.81. The average molecular weight is 490 g/mol. The molecule has 1 heterocycles. The normalized spacial score (nSPS) is 11.8. The molecule has 0 aliphatic heterocycles. The molecule has 0 saturated heterocycles. The Morgan fingerprint density at radius 3 is 1.73 bits per heavy atom. The molecule has 0 saturated carbocycles. The van der Waals surface area contributed by atoms with Gasteiger partial charge in [-0.15, -0.1) is 9.35 Å². The van der Waals surface area contributed by atoms with Gasteiger partial charge in [0.25, 0.3) is 0 Å². The van der Waals surface area contributed by atoms with E-state index < -0.39 is 0 Å². The van der Waals surface area contributed by atoms with Crippen LogP contribution in [0.25, 0.3) is 21.5 Å². The molecule has 5 rings (SSSR count). The minimum atomic E-state index is 0.794. The Morgan fingerprint density at radius 2 is 1.22 bits per heavy atom. The Bertz CT molecular complexity index is 1510. The van der Waals surface area contributed by atoms with Crippen molar-refractivity contribution in [3.05, 3.63) is 102 Å². The molecule has 6 nitrogen and oxygen atoms in total. The number of fused-ring (bicyclic) bond motifs is 2. The zero-order valence-corrected chi connectivity index (χ0v) is 22.1. The van der Waals surface area contributed by atoms with E-state index in [4.69, 9.17) is 10.2 Å². The van der Waals surface area contributed by atoms with Gasteiger partial charge in [0.15, 0.2) is 12.4 Å². The highest BCUT2D eigenvalue weighted by molar-refractivity contribution is 6.06. The summed E-state index contributed by atoms with van der Waals surface area (Å²) < 4.78 is 3.80. The number of hydrogen-bond acceptors (Lipinski definition) is 4. The second-order valence-corrected chi connectivity index (χ2v) is 9.47. The van der Waals surface area contributed by atoms with Crippen LogP contribution in [-0.4, -0.2) is 45.3 Å². The fraction of sp³-hybridized carbons (Fsp3) is 0.194. The van der Waals surface area contributed by atoms with Crippen LogP contribution in [0.1, 0.15) is 23.9 Å². The van der Waals surface area contributed by atoms with Gasteiger partial charge in [-0.05, 0) is 22.9 Å². The first-order valence-corrected chi connectivity index (χ1v) is 12.6. The summed E-state index contributed by atoms with van der Waals surface area (Å²) in [5.41, 5.74) is 4.56. The summed E-state index contributed by atoms with van der Waals surface area (Å²) in [7, 11) is 8.28. The number of imidazole rings is 1. The van der Waals surface area contributed by atoms with Gasteiger partial charge in [0.05, 0.1) is 18.9 Å². The van der Waals surface area contributed by atoms with Crippen molar-refractivity contribution < 1.29 is 4.68 Å². The van der Waals surface area contributed by atoms with Gasteiger partial charge in [-0.25, -0.2) is 0 Å². The minimum Gasteiger partial charge on any atom is -0.377 e. The van der Waals surface area contributed by atoms with Crippen molar-refractivity contribution in [2.24, 2.45) is 10.2 Å². The molecule has 0 aliphatic carbocycles. The Labute approximate surface area is 218 Å². The van der Waals surface area contributed by atoms with Gasteiger partial charge in [0.1, 0.15) is 0 Å². The van der Waals surface area contributed by atoms with Gasteiger partial charge in [0.2, 0.25) is 0 Å². The van der Waals surface area contributed by atoms with Crippen LogP contribution in [0.15, 0.2) is 95.4 Å². The molecule has 0 radical (unpaired) electrons. The Hall–Kier alpha value is -4.45. The van der Waals surface area contributed by atoms with Gasteiger partial charge in [-0.2, -0.15) is 0 Å². The van der Waals surface area contributed by atoms with Crippen LogP contribution in [0.4, 0.5) is 11.4 Å². The zero-order chi connectivity index (χ0) is 25.9. The number of anilines is 2. The molecule has 0 N–H and O–H groups in total. The number of hydrogen-bond donors (Lipinski definition) is 0. The monoisotopic (exact) mass is 489 g/mol. The molecule has 0 spiro atoms. The Balaban J connectivity index is 1.48. The largest absolute Gasteiger partial charge is 0.377 e. The smallest absolute Gasteiger partial charge is 0.307 e. The number of benzene rings is 4. The summed E-state index contributed by atoms with van der Waals surface area (Å²) in [5.74, 6) is 0.996. The van der Waals surface area contributed by atoms with E-state index >= 15 is 0 Å². The molecule has 4 aromatic carbocycles. The molecular formula is C31H33N6+. The summed E-state index contributed by atoms with van der Waals surface area (Å²) in [6.07, 6.45) is 8.57. The standard InChI is InChI=1S/C31H33N6/c1-6-31-36(32-21-23-15-17-29(34(2)3)27-13-9-7-11-25(23)27)19-20-37(31)33-22-24-16-18-30(35(4)5)28-14-10-8-12-26(24)28/h7-22H,6H2,1-5H3/q+1. The fourth-order valence-corrected chi connectivity index (χ4v) is 4.80. The van der Waals surface area contributed by atoms with Crippen molar-refractivity contribution in [2.45, 2.75) is 13.3 Å². The predicted molar refractivity (Wildman–Crippen MR) is 157 cm³/mol. The zero-order valence-electron chi connectivity index (χ0n) is 22.1. The maximum Gasteiger partial charge on any atom is 0.307 e. The van der Waals surface area contributed by atoms with Gasteiger partial charge < -0.3 is 9.80 Å². The molecular weight excluding hydrogens is 456 g/mol. The van der Waals surface area contributed by atoms with Gasteiger partial charge in [-0.1, -0.05) is 77.8 Å². The topological polar surface area (TPSA) is 40.0 Å². The molecule has 0 amide bonds. The Kier molecular flexibility index (Phi) is 6.73. The molecule has 0 unspecified atom stereocenters. The van der Waals surface area contributed by atoms with Crippen LogP contribution in [0.2, 0.25) is 0 Å². The third-order valence-electron chi connectivity index (χ3n) is 6.67. The molecule has 0 atom stereocenters. The van der Waals surface area contributed by atoms with Crippen LogP contribution < -0.4 is 14.5 Å². The first-order valence-electron chi connectivity index (χ1n) is 12.6. The minimum absolute atomic E-state index is 0.794. The lowest BCUT2D eigenvalue weighted by Gasteiger charge is -2.16. The van der Waals surface area contributed by atoms with E-state index in [1.165, 1.54) is 32.9 Å². The molecule has 0 bridgehead atoms. The lowest BCUT2D eigenvalue weighted by atomic mass is 10.0. The van der Waals surface area contributed by atoms with Crippen LogP contribution in [-0.2, 0) is 6.42 Å². The predicted octanol–water partition coefficient (Wildman–Crippen LogP) is 5.54. The van der Waals surface area contributed by atoms with Crippen LogP contribution in [0, 0.1) is 0 Å². The highest BCUT2D eigenvalue weighted by Crippen LogP contribution is 2.28. The van der Waals surface area contributed by atoms with Gasteiger partial charge >= 0.3 is 5.82 Å². The number of rotatable bonds is 7. The summed E-state index contributed by atoms with van der Waals surface area (Å²) in [5, 5.41) is 14.4. The van der Waals surface area contributed by atoms with Crippen molar-refractivity contribution >= 4 is 45.3 Å². The highest BCUT2D eigenvalue weighted by Gasteiger charge is 2.15. The number of aromatic nitrogens is 2. The van der Waals surface area contributed by atoms with E-state index in [9.17, 15) is 0 Å². The van der Waals surface area contributed by atoms with E-state index in [1.54, 1.807) is 0 Å². The van der Waals surface area contributed by atoms with E-state index in [1.807, 2.05) is 34.2 Å². The second kappa shape index (κ2) is 10.3. The van der Waals surface area contributed by atoms with Crippen molar-refractivity contribution in [3.63, 3.8) is 0 Å². The van der Waals surface area contributed by atoms with Crippen LogP contribution in [0.3, 0.4) is 0 Å². The summed E-state index contributed by atoms with van der Waals surface area (Å²) in [6.45, 7) is 2.12. The van der Waals surface area contributed by atoms with Crippen LogP contribution >= 0.6 is 0 Å². The molecule has 0 aliphatic rings. The molecule has 186 valence electrons. The van der Waals surface area contributed by atoms with E-state index in [0.717, 1.165) is 23.4 Å². The van der Waals surface area contributed by atoms with Crippen molar-refractivity contribution in [3.8, 4) is 0 Å². The summed E-state index contributed by atoms with van der Waals surface area (Å²) >= 11 is 0. The summed E-state index contributed by atoms with van der Waals surface area (Å²) in [4.78, 5) is 4.28. The average Bonchev–Trinajstić information content (AvgIpc) is 3.31. The quantitative estimate of drug-likeness (QED) is 0.222. The fourth-order valence-electron chi connectivity index (χ4n) is 4.80. The van der Waals surface area contributed by atoms with E-state index in [0.29, 0.717) is 0 Å². The van der Waals surface area contributed by atoms with Gasteiger partial charge in [0, 0.05) is 61.5 Å². The molecule has 5 aromatic rings. The molecule has 6 heteroatoms. The molecule has 1 aromatic heterocycles. The van der Waals surface area contributed by atoms with Gasteiger partial charge in [-0.3, -0.25) is 0 Å². The second-order valence-electron chi connectivity index (χ2n) is 9.47. The lowest BCUT2D eigenvalue weighted by Crippen LogP contribution is -2.31. The first-order chi connectivity index (χ1) is 18.0. The summed E-state index contributed by atoms with van der Waals surface area (Å²) in [6, 6.07) is 25.5. The van der Waals surface area contributed by atoms with Crippen molar-refractivity contribution in [2.75, 3.05) is 38.0 Å². The lowest BCUT2D eigenvalue weighted by molar-refractivity contribution is -0.685. The van der Waals surface area contributed by atoms with E-state index in [2.05, 4.69) is 118 Å². The first kappa shape index (κ1) is 24.3. The maximum absolute atomic E-state index is 4.81. The SMILES string of the molecule is CCc1n(N=Cc2ccc(N(C)C)c3ccccc23)cc[n+]1N=Cc1ccc(N(C)C)c2ccccc12. The Morgan fingerprint density at radius 1 is 0.703 bits per heavy atom. The van der Waals surface area contributed by atoms with Crippen molar-refractivity contribution in [1.82, 2.24) is 4.68 Å². The van der Waals surface area contributed by atoms with Crippen molar-refractivity contribution in [1.29, 1.82) is 0 Å². The third-order valence-corrected chi connectivity index (χ3v) is 6.67. The van der Waals surface area contributed by atoms with Crippen LogP contribution in [0.5, 0.6) is 0 Å². The third kappa shape index (κ3) is 4.70. The van der Waals surface area contributed by atoms with E-state index in [-0.39, 0.29) is 0 Å². The molecule has 37 heavy (non-hydrogen) atoms. The number of nitrogens with zero attached hydrogens (tertiary/aromatic N) is 6. The highest BCUT2D eigenvalue weighted by atomic mass is 15.5.